The van der Waals surface area contributed by atoms with Crippen LogP contribution in [0.3, 0.4) is 0 Å². The van der Waals surface area contributed by atoms with Gasteiger partial charge in [0.05, 0.1) is 16.9 Å². The number of carbonyl (C=O) groups is 1. The quantitative estimate of drug-likeness (QED) is 0.449. The molecule has 25 heavy (non-hydrogen) atoms. The van der Waals surface area contributed by atoms with Gasteiger partial charge in [-0.2, -0.15) is 5.10 Å². The number of aromatic nitrogens is 2. The molecule has 0 spiro atoms. The highest BCUT2D eigenvalue weighted by molar-refractivity contribution is 6.30. The van der Waals surface area contributed by atoms with Gasteiger partial charge >= 0.3 is 0 Å². The molecule has 0 saturated heterocycles. The van der Waals surface area contributed by atoms with E-state index in [-0.39, 0.29) is 5.76 Å². The van der Waals surface area contributed by atoms with Crippen LogP contribution in [0.25, 0.3) is 11.3 Å². The van der Waals surface area contributed by atoms with E-state index in [0.29, 0.717) is 22.8 Å². The Bertz CT molecular complexity index is 792. The largest absolute Gasteiger partial charge is 0.508 e. The van der Waals surface area contributed by atoms with Gasteiger partial charge in [0.15, 0.2) is 0 Å². The first-order valence-electron chi connectivity index (χ1n) is 7.92. The van der Waals surface area contributed by atoms with Crippen molar-refractivity contribution >= 4 is 23.6 Å². The fraction of sp³-hybridized carbons (Fsp3) is 0.263. The Labute approximate surface area is 153 Å². The van der Waals surface area contributed by atoms with E-state index in [2.05, 4.69) is 9.84 Å². The summed E-state index contributed by atoms with van der Waals surface area (Å²) in [6.07, 6.45) is 4.70. The second kappa shape index (κ2) is 9.69. The zero-order valence-electron chi connectivity index (χ0n) is 15.1. The Kier molecular flexibility index (Phi) is 7.95. The van der Waals surface area contributed by atoms with Gasteiger partial charge in [-0.25, -0.2) is 4.68 Å². The first kappa shape index (κ1) is 20.5. The van der Waals surface area contributed by atoms with Gasteiger partial charge < -0.3 is 9.84 Å². The molecule has 0 aliphatic heterocycles. The normalized spacial score (nSPS) is 12.0. The van der Waals surface area contributed by atoms with Crippen LogP contribution in [0, 0.1) is 6.92 Å². The summed E-state index contributed by atoms with van der Waals surface area (Å²) < 4.78 is 6.35. The van der Waals surface area contributed by atoms with E-state index in [1.807, 2.05) is 39.0 Å². The van der Waals surface area contributed by atoms with Crippen LogP contribution < -0.4 is 0 Å². The molecule has 0 fully saturated rings. The van der Waals surface area contributed by atoms with Crippen molar-refractivity contribution in [2.24, 2.45) is 0 Å². The summed E-state index contributed by atoms with van der Waals surface area (Å²) in [5.74, 6) is 0.361. The SMILES string of the molecule is C/C(=C/C(O)=C(\C)c1ccc(-n2cc(Cl)cn2)cc1C)OC=O.CC. The average Bonchev–Trinajstić information content (AvgIpc) is 3.02. The Morgan fingerprint density at radius 1 is 1.32 bits per heavy atom. The van der Waals surface area contributed by atoms with Crippen molar-refractivity contribution in [2.45, 2.75) is 34.6 Å². The zero-order valence-corrected chi connectivity index (χ0v) is 15.8. The molecule has 0 amide bonds. The zero-order chi connectivity index (χ0) is 19.0. The number of hydrogen-bond acceptors (Lipinski definition) is 4. The molecule has 2 rings (SSSR count). The topological polar surface area (TPSA) is 64.3 Å². The van der Waals surface area contributed by atoms with Gasteiger partial charge in [-0.1, -0.05) is 31.5 Å². The van der Waals surface area contributed by atoms with E-state index in [1.165, 1.54) is 6.08 Å². The number of benzene rings is 1. The predicted molar refractivity (Wildman–Crippen MR) is 101 cm³/mol. The second-order valence-corrected chi connectivity index (χ2v) is 5.52. The third-order valence-electron chi connectivity index (χ3n) is 3.39. The molecule has 1 aromatic carbocycles. The van der Waals surface area contributed by atoms with E-state index in [1.54, 1.807) is 30.9 Å². The van der Waals surface area contributed by atoms with E-state index in [9.17, 15) is 9.90 Å². The van der Waals surface area contributed by atoms with Gasteiger partial charge in [-0.15, -0.1) is 0 Å². The molecule has 6 heteroatoms. The molecule has 5 nitrogen and oxygen atoms in total. The van der Waals surface area contributed by atoms with Gasteiger partial charge in [-0.05, 0) is 49.6 Å². The maximum absolute atomic E-state index is 10.3. The Hall–Kier alpha value is -2.53. The number of hydrogen-bond donors (Lipinski definition) is 1. The van der Waals surface area contributed by atoms with Crippen LogP contribution >= 0.6 is 11.6 Å². The minimum Gasteiger partial charge on any atom is -0.508 e. The molecular weight excluding hydrogens is 340 g/mol. The van der Waals surface area contributed by atoms with Crippen molar-refractivity contribution in [3.05, 3.63) is 64.3 Å². The number of aliphatic hydroxyl groups excluding tert-OH is 1. The Morgan fingerprint density at radius 2 is 2.00 bits per heavy atom. The number of halogens is 1. The molecule has 1 aromatic heterocycles. The molecule has 0 unspecified atom stereocenters. The predicted octanol–water partition coefficient (Wildman–Crippen LogP) is 5.23. The molecule has 1 heterocycles. The van der Waals surface area contributed by atoms with Crippen LogP contribution in [-0.2, 0) is 9.53 Å². The minimum absolute atomic E-state index is 0.0438. The summed E-state index contributed by atoms with van der Waals surface area (Å²) in [4.78, 5) is 10.3. The van der Waals surface area contributed by atoms with E-state index in [4.69, 9.17) is 11.6 Å². The molecule has 0 radical (unpaired) electrons. The summed E-state index contributed by atoms with van der Waals surface area (Å²) in [6.45, 7) is 9.66. The summed E-state index contributed by atoms with van der Waals surface area (Å²) >= 11 is 5.88. The molecule has 0 saturated carbocycles. The van der Waals surface area contributed by atoms with Crippen molar-refractivity contribution in [1.29, 1.82) is 0 Å². The van der Waals surface area contributed by atoms with Crippen molar-refractivity contribution in [1.82, 2.24) is 9.78 Å². The molecule has 0 aliphatic carbocycles. The van der Waals surface area contributed by atoms with Gasteiger partial charge in [0.2, 0.25) is 0 Å². The van der Waals surface area contributed by atoms with Crippen molar-refractivity contribution < 1.29 is 14.6 Å². The number of allylic oxidation sites excluding steroid dienone is 3. The molecular formula is C19H23ClN2O3. The summed E-state index contributed by atoms with van der Waals surface area (Å²) in [6, 6.07) is 5.74. The van der Waals surface area contributed by atoms with Gasteiger partial charge in [-0.3, -0.25) is 4.79 Å². The number of nitrogens with zero attached hydrogens (tertiary/aromatic N) is 2. The summed E-state index contributed by atoms with van der Waals surface area (Å²) in [5.41, 5.74) is 3.42. The van der Waals surface area contributed by atoms with E-state index in [0.717, 1.165) is 16.8 Å². The van der Waals surface area contributed by atoms with Crippen LogP contribution in [-0.4, -0.2) is 21.4 Å². The van der Waals surface area contributed by atoms with E-state index < -0.39 is 0 Å². The summed E-state index contributed by atoms with van der Waals surface area (Å²) in [7, 11) is 0. The molecule has 0 bridgehead atoms. The second-order valence-electron chi connectivity index (χ2n) is 5.08. The maximum atomic E-state index is 10.3. The van der Waals surface area contributed by atoms with Crippen molar-refractivity contribution in [3.63, 3.8) is 0 Å². The molecule has 0 atom stereocenters. The highest BCUT2D eigenvalue weighted by atomic mass is 35.5. The fourth-order valence-corrected chi connectivity index (χ4v) is 2.34. The van der Waals surface area contributed by atoms with Crippen LogP contribution in [0.2, 0.25) is 5.02 Å². The lowest BCUT2D eigenvalue weighted by Crippen LogP contribution is -1.97. The number of aliphatic hydroxyl groups is 1. The number of rotatable bonds is 5. The molecule has 0 aliphatic rings. The molecule has 1 N–H and O–H groups in total. The standard InChI is InChI=1S/C17H17ClN2O3.C2H6/c1-11-6-15(20-9-14(18)8-19-20)4-5-16(11)13(3)17(22)7-12(2)23-10-21;1-2/h4-10,22H,1-3H3;1-2H3/b12-7-,17-13-;. The first-order chi connectivity index (χ1) is 11.9. The average molecular weight is 363 g/mol. The van der Waals surface area contributed by atoms with Crippen LogP contribution in [0.5, 0.6) is 0 Å². The lowest BCUT2D eigenvalue weighted by molar-refractivity contribution is -0.124. The lowest BCUT2D eigenvalue weighted by Gasteiger charge is -2.10. The first-order valence-corrected chi connectivity index (χ1v) is 8.30. The van der Waals surface area contributed by atoms with Gasteiger partial charge in [0.1, 0.15) is 11.5 Å². The third kappa shape index (κ3) is 5.50. The fourth-order valence-electron chi connectivity index (χ4n) is 2.20. The Morgan fingerprint density at radius 3 is 2.52 bits per heavy atom. The van der Waals surface area contributed by atoms with Crippen molar-refractivity contribution in [2.75, 3.05) is 0 Å². The van der Waals surface area contributed by atoms with Crippen LogP contribution in [0.1, 0.15) is 38.8 Å². The smallest absolute Gasteiger partial charge is 0.298 e. The third-order valence-corrected chi connectivity index (χ3v) is 3.58. The maximum Gasteiger partial charge on any atom is 0.298 e. The van der Waals surface area contributed by atoms with Crippen LogP contribution in [0.4, 0.5) is 0 Å². The Balaban J connectivity index is 0.00000151. The number of aryl methyl sites for hydroxylation is 1. The highest BCUT2D eigenvalue weighted by Gasteiger charge is 2.08. The lowest BCUT2D eigenvalue weighted by atomic mass is 10.00. The minimum atomic E-state index is 0.0438. The summed E-state index contributed by atoms with van der Waals surface area (Å²) in [5, 5.41) is 14.9. The van der Waals surface area contributed by atoms with Gasteiger partial charge in [0.25, 0.3) is 6.47 Å². The van der Waals surface area contributed by atoms with Crippen molar-refractivity contribution in [3.8, 4) is 5.69 Å². The molecule has 2 aromatic rings. The highest BCUT2D eigenvalue weighted by Crippen LogP contribution is 2.24. The number of carbonyl (C=O) groups excluding carboxylic acids is 1. The van der Waals surface area contributed by atoms with Gasteiger partial charge in [0, 0.05) is 12.3 Å². The number of ether oxygens (including phenoxy) is 1. The molecule has 134 valence electrons. The van der Waals surface area contributed by atoms with E-state index >= 15 is 0 Å². The van der Waals surface area contributed by atoms with Crippen LogP contribution in [0.15, 0.2) is 48.2 Å². The monoisotopic (exact) mass is 362 g/mol.